The Morgan fingerprint density at radius 2 is 2.22 bits per heavy atom. The van der Waals surface area contributed by atoms with Crippen LogP contribution in [0.25, 0.3) is 10.2 Å². The highest BCUT2D eigenvalue weighted by Gasteiger charge is 2.23. The molecule has 1 unspecified atom stereocenters. The molecule has 1 aliphatic rings. The lowest BCUT2D eigenvalue weighted by atomic mass is 10.2. The van der Waals surface area contributed by atoms with E-state index in [1.807, 2.05) is 5.38 Å². The molecule has 1 fully saturated rings. The van der Waals surface area contributed by atoms with Gasteiger partial charge in [-0.3, -0.25) is 0 Å². The standard InChI is InChI=1S/C12H15ClN4S/c1-8-7-17(5-4-16(8)2)10-9-3-6-18-11(9)15-12(13)14-10/h3,6,8H,4-5,7H2,1-2H3. The highest BCUT2D eigenvalue weighted by molar-refractivity contribution is 7.16. The van der Waals surface area contributed by atoms with E-state index in [4.69, 9.17) is 11.6 Å². The first kappa shape index (κ1) is 12.1. The normalized spacial score (nSPS) is 21.7. The molecule has 2 aromatic rings. The second-order valence-corrected chi connectivity index (χ2v) is 5.96. The van der Waals surface area contributed by atoms with Crippen LogP contribution in [0.2, 0.25) is 5.28 Å². The van der Waals surface area contributed by atoms with Gasteiger partial charge in [0.15, 0.2) is 0 Å². The van der Waals surface area contributed by atoms with Crippen molar-refractivity contribution < 1.29 is 0 Å². The molecule has 0 aliphatic carbocycles. The lowest BCUT2D eigenvalue weighted by Gasteiger charge is -2.38. The molecular weight excluding hydrogens is 268 g/mol. The lowest BCUT2D eigenvalue weighted by molar-refractivity contribution is 0.233. The molecule has 0 bridgehead atoms. The van der Waals surface area contributed by atoms with Crippen LogP contribution in [0.5, 0.6) is 0 Å². The number of piperazine rings is 1. The predicted molar refractivity (Wildman–Crippen MR) is 76.7 cm³/mol. The molecule has 1 aliphatic heterocycles. The molecule has 0 spiro atoms. The second kappa shape index (κ2) is 4.64. The summed E-state index contributed by atoms with van der Waals surface area (Å²) >= 11 is 7.62. The summed E-state index contributed by atoms with van der Waals surface area (Å²) in [5.74, 6) is 0.978. The van der Waals surface area contributed by atoms with Crippen LogP contribution in [-0.2, 0) is 0 Å². The van der Waals surface area contributed by atoms with Gasteiger partial charge in [0.2, 0.25) is 5.28 Å². The third kappa shape index (κ3) is 2.06. The van der Waals surface area contributed by atoms with Gasteiger partial charge in [0, 0.05) is 25.7 Å². The van der Waals surface area contributed by atoms with E-state index in [0.29, 0.717) is 11.3 Å². The Labute approximate surface area is 115 Å². The predicted octanol–water partition coefficient (Wildman–Crippen LogP) is 2.49. The Kier molecular flexibility index (Phi) is 3.13. The van der Waals surface area contributed by atoms with Gasteiger partial charge in [-0.15, -0.1) is 11.3 Å². The Hall–Kier alpha value is -0.910. The quantitative estimate of drug-likeness (QED) is 0.752. The van der Waals surface area contributed by atoms with Gasteiger partial charge in [0.25, 0.3) is 0 Å². The second-order valence-electron chi connectivity index (χ2n) is 4.73. The summed E-state index contributed by atoms with van der Waals surface area (Å²) in [6.45, 7) is 5.25. The van der Waals surface area contributed by atoms with E-state index in [0.717, 1.165) is 35.7 Å². The third-order valence-corrected chi connectivity index (χ3v) is 4.51. The van der Waals surface area contributed by atoms with Crippen LogP contribution in [0.1, 0.15) is 6.92 Å². The van der Waals surface area contributed by atoms with Gasteiger partial charge in [-0.05, 0) is 37.0 Å². The number of anilines is 1. The number of hydrogen-bond acceptors (Lipinski definition) is 5. The molecule has 96 valence electrons. The van der Waals surface area contributed by atoms with Gasteiger partial charge in [-0.2, -0.15) is 4.98 Å². The van der Waals surface area contributed by atoms with Crippen molar-refractivity contribution in [2.75, 3.05) is 31.6 Å². The largest absolute Gasteiger partial charge is 0.353 e. The Morgan fingerprint density at radius 1 is 1.39 bits per heavy atom. The molecule has 2 aromatic heterocycles. The van der Waals surface area contributed by atoms with Crippen molar-refractivity contribution in [2.24, 2.45) is 0 Å². The van der Waals surface area contributed by atoms with Crippen LogP contribution >= 0.6 is 22.9 Å². The van der Waals surface area contributed by atoms with Gasteiger partial charge >= 0.3 is 0 Å². The fourth-order valence-electron chi connectivity index (χ4n) is 2.30. The van der Waals surface area contributed by atoms with Crippen molar-refractivity contribution in [3.63, 3.8) is 0 Å². The van der Waals surface area contributed by atoms with Crippen molar-refractivity contribution in [1.29, 1.82) is 0 Å². The SMILES string of the molecule is CC1CN(c2nc(Cl)nc3sccc23)CCN1C. The van der Waals surface area contributed by atoms with Crippen molar-refractivity contribution in [3.8, 4) is 0 Å². The molecule has 0 aromatic carbocycles. The Morgan fingerprint density at radius 3 is 3.00 bits per heavy atom. The number of likely N-dealkylation sites (N-methyl/N-ethyl adjacent to an activating group) is 1. The average Bonchev–Trinajstić information content (AvgIpc) is 2.79. The molecule has 3 rings (SSSR count). The summed E-state index contributed by atoms with van der Waals surface area (Å²) in [5, 5.41) is 3.49. The van der Waals surface area contributed by atoms with E-state index < -0.39 is 0 Å². The molecule has 0 amide bonds. The van der Waals surface area contributed by atoms with E-state index >= 15 is 0 Å². The zero-order chi connectivity index (χ0) is 12.7. The molecule has 0 saturated carbocycles. The molecule has 4 nitrogen and oxygen atoms in total. The van der Waals surface area contributed by atoms with Gasteiger partial charge in [0.05, 0.1) is 5.39 Å². The lowest BCUT2D eigenvalue weighted by Crippen LogP contribution is -2.50. The minimum absolute atomic E-state index is 0.339. The number of hydrogen-bond donors (Lipinski definition) is 0. The molecular formula is C12H15ClN4S. The number of thiophene rings is 1. The number of aromatic nitrogens is 2. The summed E-state index contributed by atoms with van der Waals surface area (Å²) in [6, 6.07) is 2.61. The van der Waals surface area contributed by atoms with E-state index in [9.17, 15) is 0 Å². The van der Waals surface area contributed by atoms with Crippen LogP contribution in [-0.4, -0.2) is 47.6 Å². The van der Waals surface area contributed by atoms with Crippen molar-refractivity contribution in [1.82, 2.24) is 14.9 Å². The molecule has 0 N–H and O–H groups in total. The smallest absolute Gasteiger partial charge is 0.225 e. The van der Waals surface area contributed by atoms with Gasteiger partial charge < -0.3 is 9.80 Å². The summed E-state index contributed by atoms with van der Waals surface area (Å²) in [6.07, 6.45) is 0. The Bertz CT molecular complexity index is 570. The maximum atomic E-state index is 6.01. The van der Waals surface area contributed by atoms with Gasteiger partial charge in [-0.25, -0.2) is 4.98 Å². The maximum Gasteiger partial charge on any atom is 0.225 e. The minimum atomic E-state index is 0.339. The molecule has 0 radical (unpaired) electrons. The fourth-order valence-corrected chi connectivity index (χ4v) is 3.27. The number of rotatable bonds is 1. The highest BCUT2D eigenvalue weighted by Crippen LogP contribution is 2.30. The van der Waals surface area contributed by atoms with Crippen LogP contribution in [0.3, 0.4) is 0 Å². The Balaban J connectivity index is 2.01. The first-order valence-corrected chi connectivity index (χ1v) is 7.27. The zero-order valence-corrected chi connectivity index (χ0v) is 12.0. The molecule has 3 heterocycles. The van der Waals surface area contributed by atoms with Crippen molar-refractivity contribution in [3.05, 3.63) is 16.7 Å². The van der Waals surface area contributed by atoms with Crippen LogP contribution in [0, 0.1) is 0 Å². The molecule has 1 atom stereocenters. The molecule has 1 saturated heterocycles. The van der Waals surface area contributed by atoms with Crippen molar-refractivity contribution >= 4 is 39.0 Å². The summed E-state index contributed by atoms with van der Waals surface area (Å²) < 4.78 is 0. The topological polar surface area (TPSA) is 32.3 Å². The zero-order valence-electron chi connectivity index (χ0n) is 10.4. The maximum absolute atomic E-state index is 6.01. The summed E-state index contributed by atoms with van der Waals surface area (Å²) in [4.78, 5) is 14.3. The summed E-state index contributed by atoms with van der Waals surface area (Å²) in [7, 11) is 2.16. The monoisotopic (exact) mass is 282 g/mol. The van der Waals surface area contributed by atoms with Gasteiger partial charge in [0.1, 0.15) is 10.6 Å². The molecule has 18 heavy (non-hydrogen) atoms. The van der Waals surface area contributed by atoms with Crippen molar-refractivity contribution in [2.45, 2.75) is 13.0 Å². The third-order valence-electron chi connectivity index (χ3n) is 3.54. The first-order chi connectivity index (χ1) is 8.65. The number of nitrogens with zero attached hydrogens (tertiary/aromatic N) is 4. The van der Waals surface area contributed by atoms with Gasteiger partial charge in [-0.1, -0.05) is 0 Å². The first-order valence-electron chi connectivity index (χ1n) is 6.01. The highest BCUT2D eigenvalue weighted by atomic mass is 35.5. The van der Waals surface area contributed by atoms with E-state index in [-0.39, 0.29) is 0 Å². The number of halogens is 1. The average molecular weight is 283 g/mol. The van der Waals surface area contributed by atoms with E-state index in [1.54, 1.807) is 11.3 Å². The van der Waals surface area contributed by atoms with E-state index in [2.05, 4.69) is 39.8 Å². The summed E-state index contributed by atoms with van der Waals surface area (Å²) in [5.41, 5.74) is 0. The van der Waals surface area contributed by atoms with E-state index in [1.165, 1.54) is 0 Å². The van der Waals surface area contributed by atoms with Crippen LogP contribution < -0.4 is 4.90 Å². The molecule has 6 heteroatoms. The van der Waals surface area contributed by atoms with Crippen LogP contribution in [0.4, 0.5) is 5.82 Å². The fraction of sp³-hybridized carbons (Fsp3) is 0.500. The van der Waals surface area contributed by atoms with Crippen LogP contribution in [0.15, 0.2) is 11.4 Å². The number of fused-ring (bicyclic) bond motifs is 1. The minimum Gasteiger partial charge on any atom is -0.353 e.